The lowest BCUT2D eigenvalue weighted by atomic mass is 9.42. The fourth-order valence-electron chi connectivity index (χ4n) is 7.92. The summed E-state index contributed by atoms with van der Waals surface area (Å²) in [6.45, 7) is 10.4. The highest BCUT2D eigenvalue weighted by Gasteiger charge is 2.76. The Labute approximate surface area is 202 Å². The summed E-state index contributed by atoms with van der Waals surface area (Å²) in [5.74, 6) is -0.332. The lowest BCUT2D eigenvalue weighted by molar-refractivity contribution is -0.264. The van der Waals surface area contributed by atoms with Crippen molar-refractivity contribution in [3.8, 4) is 0 Å². The second-order valence-corrected chi connectivity index (χ2v) is 11.9. The van der Waals surface area contributed by atoms with E-state index in [1.807, 2.05) is 13.8 Å². The molecule has 0 radical (unpaired) electrons. The molecule has 10 atom stereocenters. The number of aliphatic hydroxyl groups is 1. The van der Waals surface area contributed by atoms with E-state index in [2.05, 4.69) is 13.8 Å². The van der Waals surface area contributed by atoms with Gasteiger partial charge in [0.05, 0.1) is 24.0 Å². The van der Waals surface area contributed by atoms with Crippen molar-refractivity contribution >= 4 is 11.9 Å². The monoisotopic (exact) mass is 480 g/mol. The van der Waals surface area contributed by atoms with Crippen LogP contribution < -0.4 is 0 Å². The molecular formula is C26H40O8. The van der Waals surface area contributed by atoms with Gasteiger partial charge in [0.15, 0.2) is 12.6 Å². The van der Waals surface area contributed by atoms with Gasteiger partial charge in [-0.3, -0.25) is 9.59 Å². The summed E-state index contributed by atoms with van der Waals surface area (Å²) in [6, 6.07) is 0. The second-order valence-electron chi connectivity index (χ2n) is 11.9. The topological polar surface area (TPSA) is 104 Å². The first-order chi connectivity index (χ1) is 16.0. The zero-order chi connectivity index (χ0) is 24.5. The number of hydrogen-bond acceptors (Lipinski definition) is 8. The number of aliphatic hydroxyl groups excluding tert-OH is 1. The van der Waals surface area contributed by atoms with E-state index in [-0.39, 0.29) is 66.1 Å². The highest BCUT2D eigenvalue weighted by atomic mass is 16.7. The largest absolute Gasteiger partial charge is 0.465 e. The van der Waals surface area contributed by atoms with Gasteiger partial charge in [-0.1, -0.05) is 34.1 Å². The molecule has 5 fully saturated rings. The molecule has 3 heterocycles. The number of hydrogen-bond donors (Lipinski definition) is 1. The summed E-state index contributed by atoms with van der Waals surface area (Å²) in [5.41, 5.74) is -1.32. The van der Waals surface area contributed by atoms with E-state index < -0.39 is 17.3 Å². The van der Waals surface area contributed by atoms with Crippen LogP contribution in [0.15, 0.2) is 0 Å². The Morgan fingerprint density at radius 1 is 1.18 bits per heavy atom. The minimum Gasteiger partial charge on any atom is -0.465 e. The van der Waals surface area contributed by atoms with Gasteiger partial charge in [0.25, 0.3) is 0 Å². The molecule has 2 aliphatic carbocycles. The quantitative estimate of drug-likeness (QED) is 0.473. The van der Waals surface area contributed by atoms with Gasteiger partial charge in [-0.15, -0.1) is 0 Å². The highest BCUT2D eigenvalue weighted by Crippen LogP contribution is 2.70. The predicted molar refractivity (Wildman–Crippen MR) is 120 cm³/mol. The Balaban J connectivity index is 1.54. The van der Waals surface area contributed by atoms with Gasteiger partial charge in [0, 0.05) is 24.7 Å². The molecule has 8 heteroatoms. The molecule has 3 saturated heterocycles. The lowest BCUT2D eigenvalue weighted by Gasteiger charge is -2.64. The van der Waals surface area contributed by atoms with Crippen LogP contribution in [0.4, 0.5) is 0 Å². The van der Waals surface area contributed by atoms with E-state index in [1.54, 1.807) is 0 Å². The maximum atomic E-state index is 12.6. The lowest BCUT2D eigenvalue weighted by Crippen LogP contribution is -2.69. The molecule has 3 aliphatic heterocycles. The SMILES string of the molecule is CC(=O)O[C@H]1C[C@@H](C)[C@](C)([C@@H]2C[C@H]3CC(O)O[C@H]3O2)[C@H]2CCC[C@]3(CO3)[C@]12COC(=O)C(C)C. The fourth-order valence-corrected chi connectivity index (χ4v) is 7.92. The Morgan fingerprint density at radius 2 is 1.91 bits per heavy atom. The number of fused-ring (bicyclic) bond motifs is 3. The number of rotatable bonds is 5. The van der Waals surface area contributed by atoms with Crippen LogP contribution in [0.2, 0.25) is 0 Å². The summed E-state index contributed by atoms with van der Waals surface area (Å²) >= 11 is 0. The summed E-state index contributed by atoms with van der Waals surface area (Å²) in [6.07, 6.45) is 3.32. The molecule has 0 bridgehead atoms. The zero-order valence-electron chi connectivity index (χ0n) is 21.1. The van der Waals surface area contributed by atoms with Crippen molar-refractivity contribution < 1.29 is 38.4 Å². The van der Waals surface area contributed by atoms with Crippen LogP contribution >= 0.6 is 0 Å². The molecule has 2 saturated carbocycles. The summed E-state index contributed by atoms with van der Waals surface area (Å²) < 4.78 is 30.4. The molecule has 1 spiro atoms. The average Bonchev–Trinajstić information content (AvgIpc) is 3.29. The molecule has 1 unspecified atom stereocenters. The third-order valence-electron chi connectivity index (χ3n) is 9.91. The molecular weight excluding hydrogens is 440 g/mol. The van der Waals surface area contributed by atoms with Crippen molar-refractivity contribution in [3.05, 3.63) is 0 Å². The molecule has 192 valence electrons. The number of esters is 2. The normalized spacial score (nSPS) is 49.6. The van der Waals surface area contributed by atoms with E-state index in [0.717, 1.165) is 25.7 Å². The smallest absolute Gasteiger partial charge is 0.308 e. The van der Waals surface area contributed by atoms with Crippen molar-refractivity contribution in [2.75, 3.05) is 13.2 Å². The Bertz CT molecular complexity index is 810. The van der Waals surface area contributed by atoms with E-state index in [1.165, 1.54) is 6.92 Å². The maximum absolute atomic E-state index is 12.6. The van der Waals surface area contributed by atoms with Crippen molar-refractivity contribution in [2.45, 2.75) is 104 Å². The average molecular weight is 481 g/mol. The molecule has 0 aromatic heterocycles. The summed E-state index contributed by atoms with van der Waals surface area (Å²) in [4.78, 5) is 24.9. The standard InChI is InChI=1S/C26H40O8/c1-14(2)22(29)30-13-26-18(7-6-8-25(26)12-31-25)24(5,15(3)9-20(26)32-16(4)27)19-10-17-11-21(28)34-23(17)33-19/h14-15,17-21,23,28H,6-13H2,1-5H3/t15-,17+,18-,19+,20+,21?,23-,24+,25+,26+/m1/s1. The number of epoxide rings is 1. The van der Waals surface area contributed by atoms with Crippen molar-refractivity contribution in [1.82, 2.24) is 0 Å². The minimum atomic E-state index is -0.756. The van der Waals surface area contributed by atoms with Gasteiger partial charge >= 0.3 is 11.9 Å². The molecule has 0 aromatic carbocycles. The zero-order valence-corrected chi connectivity index (χ0v) is 21.1. The van der Waals surface area contributed by atoms with Crippen molar-refractivity contribution in [3.63, 3.8) is 0 Å². The minimum absolute atomic E-state index is 0.0534. The molecule has 5 aliphatic rings. The third kappa shape index (κ3) is 3.54. The summed E-state index contributed by atoms with van der Waals surface area (Å²) in [7, 11) is 0. The fraction of sp³-hybridized carbons (Fsp3) is 0.923. The van der Waals surface area contributed by atoms with E-state index >= 15 is 0 Å². The van der Waals surface area contributed by atoms with Crippen molar-refractivity contribution in [1.29, 1.82) is 0 Å². The van der Waals surface area contributed by atoms with Gasteiger partial charge in [-0.2, -0.15) is 0 Å². The van der Waals surface area contributed by atoms with Crippen LogP contribution in [0.25, 0.3) is 0 Å². The summed E-state index contributed by atoms with van der Waals surface area (Å²) in [5, 5.41) is 9.92. The predicted octanol–water partition coefficient (Wildman–Crippen LogP) is 3.19. The van der Waals surface area contributed by atoms with Gasteiger partial charge in [0.2, 0.25) is 0 Å². The number of carbonyl (C=O) groups is 2. The van der Waals surface area contributed by atoms with E-state index in [4.69, 9.17) is 23.7 Å². The maximum Gasteiger partial charge on any atom is 0.308 e. The van der Waals surface area contributed by atoms with Gasteiger partial charge < -0.3 is 28.8 Å². The second kappa shape index (κ2) is 8.43. The Hall–Kier alpha value is -1.22. The number of carbonyl (C=O) groups excluding carboxylic acids is 2. The first-order valence-corrected chi connectivity index (χ1v) is 13.0. The van der Waals surface area contributed by atoms with Gasteiger partial charge in [0.1, 0.15) is 18.3 Å². The van der Waals surface area contributed by atoms with Gasteiger partial charge in [-0.05, 0) is 37.5 Å². The van der Waals surface area contributed by atoms with Crippen molar-refractivity contribution in [2.24, 2.45) is 34.5 Å². The van der Waals surface area contributed by atoms with Crippen LogP contribution in [-0.4, -0.2) is 60.6 Å². The molecule has 0 aromatic rings. The van der Waals surface area contributed by atoms with Crippen LogP contribution in [-0.2, 0) is 33.3 Å². The number of ether oxygens (including phenoxy) is 5. The first kappa shape index (κ1) is 24.5. The third-order valence-corrected chi connectivity index (χ3v) is 9.91. The Morgan fingerprint density at radius 3 is 2.53 bits per heavy atom. The van der Waals surface area contributed by atoms with E-state index in [9.17, 15) is 14.7 Å². The molecule has 0 amide bonds. The van der Waals surface area contributed by atoms with Crippen LogP contribution in [0.3, 0.4) is 0 Å². The first-order valence-electron chi connectivity index (χ1n) is 13.0. The molecule has 1 N–H and O–H groups in total. The van der Waals surface area contributed by atoms with Gasteiger partial charge in [-0.25, -0.2) is 0 Å². The highest BCUT2D eigenvalue weighted by molar-refractivity contribution is 5.71. The van der Waals surface area contributed by atoms with Crippen LogP contribution in [0.1, 0.15) is 73.1 Å². The van der Waals surface area contributed by atoms with Crippen LogP contribution in [0, 0.1) is 34.5 Å². The molecule has 8 nitrogen and oxygen atoms in total. The van der Waals surface area contributed by atoms with E-state index in [0.29, 0.717) is 19.4 Å². The molecule has 5 rings (SSSR count). The van der Waals surface area contributed by atoms with Crippen LogP contribution in [0.5, 0.6) is 0 Å². The Kier molecular flexibility index (Phi) is 6.06. The molecule has 34 heavy (non-hydrogen) atoms.